The van der Waals surface area contributed by atoms with Crippen molar-refractivity contribution in [1.29, 1.82) is 0 Å². The van der Waals surface area contributed by atoms with Gasteiger partial charge in [0.05, 0.1) is 28.1 Å². The van der Waals surface area contributed by atoms with Crippen molar-refractivity contribution in [1.82, 2.24) is 0 Å². The van der Waals surface area contributed by atoms with Crippen LogP contribution < -0.4 is 4.90 Å². The van der Waals surface area contributed by atoms with Crippen LogP contribution in [0.15, 0.2) is 41.5 Å². The van der Waals surface area contributed by atoms with Crippen LogP contribution in [0.3, 0.4) is 0 Å². The summed E-state index contributed by atoms with van der Waals surface area (Å²) in [5.74, 6) is -2.41. The number of allylic oxidation sites excluding steroid dienone is 4. The number of imide groups is 1. The van der Waals surface area contributed by atoms with E-state index >= 15 is 0 Å². The summed E-state index contributed by atoms with van der Waals surface area (Å²) in [6.45, 7) is 3.89. The number of carbonyl (C=O) groups is 2. The van der Waals surface area contributed by atoms with E-state index in [0.717, 1.165) is 34.2 Å². The number of alkyl halides is 3. The molecule has 3 aliphatic rings. The minimum Gasteiger partial charge on any atom is -0.274 e. The van der Waals surface area contributed by atoms with Gasteiger partial charge in [0.15, 0.2) is 0 Å². The fourth-order valence-electron chi connectivity index (χ4n) is 4.53. The van der Waals surface area contributed by atoms with Crippen molar-refractivity contribution in [3.8, 4) is 0 Å². The number of rotatable bonds is 1. The van der Waals surface area contributed by atoms with E-state index in [4.69, 9.17) is 11.6 Å². The number of carbonyl (C=O) groups excluding carboxylic acids is 2. The zero-order valence-electron chi connectivity index (χ0n) is 14.0. The lowest BCUT2D eigenvalue weighted by molar-refractivity contribution is -0.137. The zero-order valence-corrected chi connectivity index (χ0v) is 14.7. The van der Waals surface area contributed by atoms with Crippen molar-refractivity contribution in [2.45, 2.75) is 20.0 Å². The van der Waals surface area contributed by atoms with Crippen LogP contribution in [0.25, 0.3) is 0 Å². The molecule has 1 heterocycles. The van der Waals surface area contributed by atoms with Crippen molar-refractivity contribution in [2.75, 3.05) is 4.90 Å². The Kier molecular flexibility index (Phi) is 3.64. The molecule has 4 atom stereocenters. The molecule has 3 nitrogen and oxygen atoms in total. The van der Waals surface area contributed by atoms with Gasteiger partial charge < -0.3 is 0 Å². The van der Waals surface area contributed by atoms with Crippen LogP contribution >= 0.6 is 11.6 Å². The van der Waals surface area contributed by atoms with Crippen molar-refractivity contribution in [3.05, 3.63) is 52.1 Å². The van der Waals surface area contributed by atoms with Crippen LogP contribution in [-0.4, -0.2) is 11.8 Å². The summed E-state index contributed by atoms with van der Waals surface area (Å²) in [6, 6.07) is 2.68. The average Bonchev–Trinajstić information content (AvgIpc) is 3.18. The molecular weight excluding hydrogens is 367 g/mol. The molecule has 26 heavy (non-hydrogen) atoms. The predicted octanol–water partition coefficient (Wildman–Crippen LogP) is 4.62. The van der Waals surface area contributed by atoms with Crippen molar-refractivity contribution in [2.24, 2.45) is 23.7 Å². The number of halogens is 4. The molecule has 2 aliphatic carbocycles. The third-order valence-corrected chi connectivity index (χ3v) is 5.83. The van der Waals surface area contributed by atoms with Gasteiger partial charge in [0.25, 0.3) is 0 Å². The fraction of sp³-hybridized carbons (Fsp3) is 0.368. The van der Waals surface area contributed by atoms with Crippen molar-refractivity contribution < 1.29 is 22.8 Å². The Morgan fingerprint density at radius 2 is 1.58 bits per heavy atom. The number of hydrogen-bond acceptors (Lipinski definition) is 2. The number of amides is 2. The van der Waals surface area contributed by atoms with Crippen LogP contribution in [0.1, 0.15) is 19.4 Å². The van der Waals surface area contributed by atoms with Gasteiger partial charge in [-0.2, -0.15) is 13.2 Å². The number of anilines is 1. The van der Waals surface area contributed by atoms with E-state index in [2.05, 4.69) is 0 Å². The molecule has 7 heteroatoms. The normalized spacial score (nSPS) is 29.8. The molecule has 1 aliphatic heterocycles. The van der Waals surface area contributed by atoms with Gasteiger partial charge in [0.1, 0.15) is 0 Å². The number of hydrogen-bond donors (Lipinski definition) is 0. The van der Waals surface area contributed by atoms with Crippen molar-refractivity contribution >= 4 is 29.1 Å². The molecule has 1 saturated heterocycles. The van der Waals surface area contributed by atoms with Crippen LogP contribution in [0.5, 0.6) is 0 Å². The highest BCUT2D eigenvalue weighted by molar-refractivity contribution is 6.36. The summed E-state index contributed by atoms with van der Waals surface area (Å²) < 4.78 is 39.1. The Hall–Kier alpha value is -2.08. The van der Waals surface area contributed by atoms with Crippen LogP contribution in [-0.2, 0) is 15.8 Å². The van der Waals surface area contributed by atoms with Crippen LogP contribution in [0.4, 0.5) is 18.9 Å². The van der Waals surface area contributed by atoms with Gasteiger partial charge in [0, 0.05) is 11.8 Å². The highest BCUT2D eigenvalue weighted by Crippen LogP contribution is 2.57. The topological polar surface area (TPSA) is 37.4 Å². The quantitative estimate of drug-likeness (QED) is 0.526. The molecule has 1 aromatic carbocycles. The maximum atomic E-state index is 13.0. The van der Waals surface area contributed by atoms with Gasteiger partial charge in [-0.1, -0.05) is 34.9 Å². The predicted molar refractivity (Wildman–Crippen MR) is 90.4 cm³/mol. The molecule has 1 saturated carbocycles. The molecule has 2 fully saturated rings. The summed E-state index contributed by atoms with van der Waals surface area (Å²) in [6.07, 6.45) is -0.732. The molecule has 0 N–H and O–H groups in total. The lowest BCUT2D eigenvalue weighted by Gasteiger charge is -2.21. The molecule has 2 amide bonds. The Morgan fingerprint density at radius 3 is 2.04 bits per heavy atom. The molecule has 0 radical (unpaired) electrons. The Morgan fingerprint density at radius 1 is 1.04 bits per heavy atom. The Balaban J connectivity index is 1.78. The first kappa shape index (κ1) is 17.3. The Labute approximate surface area is 153 Å². The highest BCUT2D eigenvalue weighted by atomic mass is 35.5. The van der Waals surface area contributed by atoms with Crippen molar-refractivity contribution in [3.63, 3.8) is 0 Å². The lowest BCUT2D eigenvalue weighted by atomic mass is 9.85. The minimum atomic E-state index is -4.59. The van der Waals surface area contributed by atoms with E-state index in [1.54, 1.807) is 0 Å². The maximum absolute atomic E-state index is 13.0. The summed E-state index contributed by atoms with van der Waals surface area (Å²) in [7, 11) is 0. The van der Waals surface area contributed by atoms with E-state index in [1.807, 2.05) is 26.0 Å². The largest absolute Gasteiger partial charge is 0.416 e. The summed E-state index contributed by atoms with van der Waals surface area (Å²) in [4.78, 5) is 26.8. The summed E-state index contributed by atoms with van der Waals surface area (Å²) in [5, 5.41) is -0.0533. The second kappa shape index (κ2) is 5.46. The van der Waals surface area contributed by atoms with E-state index in [0.29, 0.717) is 0 Å². The monoisotopic (exact) mass is 381 g/mol. The summed E-state index contributed by atoms with van der Waals surface area (Å²) >= 11 is 6.04. The maximum Gasteiger partial charge on any atom is 0.416 e. The number of nitrogens with zero attached hydrogens (tertiary/aromatic N) is 1. The minimum absolute atomic E-state index is 0.0533. The standard InChI is InChI=1S/C19H15ClF3NO2/c1-8(2)14-10-4-5-11(14)16-15(10)17(25)24(18(16)26)13-7-9(19(21,22)23)3-6-12(13)20/h3-7,10-11,15-16H,1-2H3/t10-,11-,15-,16+/m1/s1. The van der Waals surface area contributed by atoms with E-state index in [-0.39, 0.29) is 22.5 Å². The van der Waals surface area contributed by atoms with Crippen LogP contribution in [0, 0.1) is 23.7 Å². The third kappa shape index (κ3) is 2.21. The molecule has 2 bridgehead atoms. The molecule has 0 aromatic heterocycles. The van der Waals surface area contributed by atoms with Gasteiger partial charge in [-0.3, -0.25) is 9.59 Å². The first-order valence-corrected chi connectivity index (χ1v) is 8.61. The molecular formula is C19H15ClF3NO2. The zero-order chi connectivity index (χ0) is 19.0. The number of benzene rings is 1. The van der Waals surface area contributed by atoms with E-state index in [9.17, 15) is 22.8 Å². The SMILES string of the molecule is CC(C)=C1[C@H]2C=C[C@H]1[C@H]1C(=O)N(c3cc(C(F)(F)F)ccc3Cl)C(=O)[C@H]12. The smallest absolute Gasteiger partial charge is 0.274 e. The molecule has 0 unspecified atom stereocenters. The van der Waals surface area contributed by atoms with Gasteiger partial charge in [-0.25, -0.2) is 4.90 Å². The molecule has 0 spiro atoms. The van der Waals surface area contributed by atoms with Gasteiger partial charge in [-0.15, -0.1) is 0 Å². The lowest BCUT2D eigenvalue weighted by Crippen LogP contribution is -2.33. The summed E-state index contributed by atoms with van der Waals surface area (Å²) in [5.41, 5.74) is 1.02. The Bertz CT molecular complexity index is 865. The van der Waals surface area contributed by atoms with Gasteiger partial charge in [-0.05, 0) is 32.0 Å². The highest BCUT2D eigenvalue weighted by Gasteiger charge is 2.62. The third-order valence-electron chi connectivity index (χ3n) is 5.51. The van der Waals surface area contributed by atoms with E-state index in [1.165, 1.54) is 0 Å². The molecule has 4 rings (SSSR count). The second-order valence-electron chi connectivity index (χ2n) is 7.12. The van der Waals surface area contributed by atoms with Gasteiger partial charge in [0.2, 0.25) is 11.8 Å². The number of fused-ring (bicyclic) bond motifs is 5. The van der Waals surface area contributed by atoms with Crippen LogP contribution in [0.2, 0.25) is 5.02 Å². The van der Waals surface area contributed by atoms with E-state index < -0.39 is 35.4 Å². The average molecular weight is 382 g/mol. The van der Waals surface area contributed by atoms with Gasteiger partial charge >= 0.3 is 6.18 Å². The molecule has 136 valence electrons. The first-order valence-electron chi connectivity index (χ1n) is 8.23. The molecule has 1 aromatic rings. The first-order chi connectivity index (χ1) is 12.1. The fourth-order valence-corrected chi connectivity index (χ4v) is 4.73. The second-order valence-corrected chi connectivity index (χ2v) is 7.53.